The van der Waals surface area contributed by atoms with E-state index in [2.05, 4.69) is 9.88 Å². The molecule has 0 spiro atoms. The fourth-order valence-corrected chi connectivity index (χ4v) is 6.50. The summed E-state index contributed by atoms with van der Waals surface area (Å²) in [6.45, 7) is 2.74. The van der Waals surface area contributed by atoms with Gasteiger partial charge in [0.25, 0.3) is 0 Å². The quantitative estimate of drug-likeness (QED) is 0.511. The van der Waals surface area contributed by atoms with Crippen LogP contribution >= 0.6 is 0 Å². The van der Waals surface area contributed by atoms with Gasteiger partial charge in [-0.1, -0.05) is 12.1 Å². The molecule has 0 radical (unpaired) electrons. The van der Waals surface area contributed by atoms with Crippen LogP contribution in [-0.2, 0) is 28.7 Å². The highest BCUT2D eigenvalue weighted by Gasteiger charge is 2.49. The third-order valence-corrected chi connectivity index (χ3v) is 8.50. The van der Waals surface area contributed by atoms with Crippen LogP contribution in [-0.4, -0.2) is 60.1 Å². The molecule has 37 heavy (non-hydrogen) atoms. The van der Waals surface area contributed by atoms with Crippen molar-refractivity contribution in [1.29, 1.82) is 0 Å². The lowest BCUT2D eigenvalue weighted by molar-refractivity contribution is -0.146. The molecule has 5 nitrogen and oxygen atoms in total. The minimum Gasteiger partial charge on any atom is -0.384 e. The number of carbonyl (C=O) groups excluding carboxylic acids is 1. The molecule has 2 fully saturated rings. The average molecular weight is 520 g/mol. The number of rotatable bonds is 5. The van der Waals surface area contributed by atoms with Gasteiger partial charge in [-0.3, -0.25) is 9.78 Å². The Bertz CT molecular complexity index is 1120. The summed E-state index contributed by atoms with van der Waals surface area (Å²) >= 11 is 0. The maximum Gasteiger partial charge on any atom is 0.417 e. The van der Waals surface area contributed by atoms with E-state index in [0.29, 0.717) is 49.6 Å². The molecule has 9 heteroatoms. The Morgan fingerprint density at radius 2 is 1.86 bits per heavy atom. The van der Waals surface area contributed by atoms with E-state index < -0.39 is 17.2 Å². The van der Waals surface area contributed by atoms with Gasteiger partial charge in [0, 0.05) is 44.6 Å². The van der Waals surface area contributed by atoms with E-state index in [4.69, 9.17) is 4.74 Å². The Morgan fingerprint density at radius 3 is 2.54 bits per heavy atom. The second kappa shape index (κ2) is 10.3. The zero-order valence-electron chi connectivity index (χ0n) is 21.1. The van der Waals surface area contributed by atoms with Gasteiger partial charge in [0.05, 0.1) is 17.6 Å². The summed E-state index contributed by atoms with van der Waals surface area (Å²) in [6.07, 6.45) is 1.12. The number of piperidine rings is 1. The molecule has 1 aromatic carbocycles. The number of benzene rings is 1. The lowest BCUT2D eigenvalue weighted by Crippen LogP contribution is -2.48. The van der Waals surface area contributed by atoms with Crippen molar-refractivity contribution < 1.29 is 27.1 Å². The zero-order chi connectivity index (χ0) is 26.2. The van der Waals surface area contributed by atoms with E-state index in [1.165, 1.54) is 17.7 Å². The number of nitrogens with zero attached hydrogens (tertiary/aromatic N) is 3. The molecule has 5 rings (SSSR count). The van der Waals surface area contributed by atoms with Gasteiger partial charge in [-0.15, -0.1) is 0 Å². The summed E-state index contributed by atoms with van der Waals surface area (Å²) in [4.78, 5) is 22.0. The third-order valence-electron chi connectivity index (χ3n) is 8.50. The normalized spacial score (nSPS) is 25.3. The van der Waals surface area contributed by atoms with Crippen molar-refractivity contribution in [2.75, 3.05) is 33.4 Å². The number of ether oxygens (including phenoxy) is 1. The summed E-state index contributed by atoms with van der Waals surface area (Å²) in [5.74, 6) is 0.161. The number of fused-ring (bicyclic) bond motifs is 1. The number of halogens is 4. The Kier molecular flexibility index (Phi) is 7.29. The minimum atomic E-state index is -4.46. The molecule has 1 saturated heterocycles. The first-order chi connectivity index (χ1) is 17.7. The van der Waals surface area contributed by atoms with Crippen LogP contribution in [0.5, 0.6) is 0 Å². The molecule has 3 aliphatic rings. The molecule has 1 amide bonds. The summed E-state index contributed by atoms with van der Waals surface area (Å²) < 4.78 is 58.5. The van der Waals surface area contributed by atoms with Gasteiger partial charge in [-0.05, 0) is 80.4 Å². The Balaban J connectivity index is 1.25. The Labute approximate surface area is 214 Å². The van der Waals surface area contributed by atoms with Gasteiger partial charge in [0.15, 0.2) is 0 Å². The Hall–Kier alpha value is -2.52. The number of carbonyl (C=O) groups is 1. The van der Waals surface area contributed by atoms with Crippen molar-refractivity contribution in [1.82, 2.24) is 14.8 Å². The summed E-state index contributed by atoms with van der Waals surface area (Å²) in [5, 5.41) is 0. The van der Waals surface area contributed by atoms with Crippen LogP contribution in [0.4, 0.5) is 17.6 Å². The highest BCUT2D eigenvalue weighted by Crippen LogP contribution is 2.44. The van der Waals surface area contributed by atoms with Crippen molar-refractivity contribution in [3.8, 4) is 0 Å². The number of alkyl halides is 3. The molecule has 1 aliphatic carbocycles. The van der Waals surface area contributed by atoms with Crippen LogP contribution in [0.15, 0.2) is 36.5 Å². The molecule has 0 unspecified atom stereocenters. The molecule has 0 N–H and O–H groups in total. The number of pyridine rings is 1. The smallest absolute Gasteiger partial charge is 0.384 e. The van der Waals surface area contributed by atoms with E-state index >= 15 is 0 Å². The van der Waals surface area contributed by atoms with Crippen LogP contribution in [0.1, 0.15) is 60.4 Å². The first-order valence-corrected chi connectivity index (χ1v) is 13.0. The molecular formula is C28H33F4N3O2. The maximum atomic E-state index is 13.9. The molecule has 0 bridgehead atoms. The number of hydrogen-bond donors (Lipinski definition) is 0. The highest BCUT2D eigenvalue weighted by molar-refractivity contribution is 5.83. The molecule has 200 valence electrons. The van der Waals surface area contributed by atoms with Gasteiger partial charge in [-0.25, -0.2) is 4.39 Å². The largest absolute Gasteiger partial charge is 0.417 e. The van der Waals surface area contributed by atoms with Crippen molar-refractivity contribution >= 4 is 5.91 Å². The van der Waals surface area contributed by atoms with Crippen molar-refractivity contribution in [2.24, 2.45) is 5.41 Å². The lowest BCUT2D eigenvalue weighted by atomic mass is 9.83. The van der Waals surface area contributed by atoms with E-state index in [0.717, 1.165) is 44.6 Å². The number of amides is 1. The molecule has 1 saturated carbocycles. The SMILES string of the molecule is COC[C@]1(C(=O)N2CCc3ncc(C(F)(F)F)cc3C2)CC[C@@H](N2CCC(c3ccc(F)cc3)CC2)C1. The molecule has 2 aliphatic heterocycles. The van der Waals surface area contributed by atoms with Crippen LogP contribution in [0.3, 0.4) is 0 Å². The molecular weight excluding hydrogens is 486 g/mol. The summed E-state index contributed by atoms with van der Waals surface area (Å²) in [5.41, 5.74) is 0.826. The van der Waals surface area contributed by atoms with Gasteiger partial charge >= 0.3 is 6.18 Å². The van der Waals surface area contributed by atoms with Crippen LogP contribution in [0.2, 0.25) is 0 Å². The van der Waals surface area contributed by atoms with E-state index in [9.17, 15) is 22.4 Å². The fraction of sp³-hybridized carbons (Fsp3) is 0.571. The second-order valence-corrected chi connectivity index (χ2v) is 10.8. The number of aromatic nitrogens is 1. The highest BCUT2D eigenvalue weighted by atomic mass is 19.4. The predicted molar refractivity (Wildman–Crippen MR) is 130 cm³/mol. The number of methoxy groups -OCH3 is 1. The molecule has 2 aromatic rings. The van der Waals surface area contributed by atoms with Gasteiger partial charge in [-0.2, -0.15) is 13.2 Å². The first-order valence-electron chi connectivity index (χ1n) is 13.0. The number of likely N-dealkylation sites (tertiary alicyclic amines) is 1. The topological polar surface area (TPSA) is 45.7 Å². The zero-order valence-corrected chi connectivity index (χ0v) is 21.1. The predicted octanol–water partition coefficient (Wildman–Crippen LogP) is 5.19. The second-order valence-electron chi connectivity index (χ2n) is 10.8. The van der Waals surface area contributed by atoms with Crippen LogP contribution < -0.4 is 0 Å². The average Bonchev–Trinajstić information content (AvgIpc) is 3.33. The van der Waals surface area contributed by atoms with Crippen LogP contribution in [0, 0.1) is 11.2 Å². The monoisotopic (exact) mass is 519 g/mol. The molecule has 1 aromatic heterocycles. The van der Waals surface area contributed by atoms with E-state index in [1.807, 2.05) is 12.1 Å². The van der Waals surface area contributed by atoms with Gasteiger partial charge in [0.2, 0.25) is 5.91 Å². The summed E-state index contributed by atoms with van der Waals surface area (Å²) in [6, 6.07) is 8.18. The number of hydrogen-bond acceptors (Lipinski definition) is 4. The molecule has 2 atom stereocenters. The van der Waals surface area contributed by atoms with Crippen molar-refractivity contribution in [3.05, 3.63) is 64.7 Å². The fourth-order valence-electron chi connectivity index (χ4n) is 6.50. The van der Waals surface area contributed by atoms with Crippen molar-refractivity contribution in [2.45, 2.75) is 63.2 Å². The van der Waals surface area contributed by atoms with Gasteiger partial charge in [0.1, 0.15) is 5.82 Å². The van der Waals surface area contributed by atoms with E-state index in [-0.39, 0.29) is 24.3 Å². The Morgan fingerprint density at radius 1 is 1.14 bits per heavy atom. The van der Waals surface area contributed by atoms with Crippen LogP contribution in [0.25, 0.3) is 0 Å². The molecule has 3 heterocycles. The maximum absolute atomic E-state index is 13.9. The minimum absolute atomic E-state index is 0.0268. The lowest BCUT2D eigenvalue weighted by Gasteiger charge is -2.39. The van der Waals surface area contributed by atoms with Gasteiger partial charge < -0.3 is 14.5 Å². The summed E-state index contributed by atoms with van der Waals surface area (Å²) in [7, 11) is 1.60. The first kappa shape index (κ1) is 26.1. The van der Waals surface area contributed by atoms with E-state index in [1.54, 1.807) is 12.0 Å². The standard InChI is InChI=1S/C28H33F4N3O2/c1-37-18-27(26(36)35-13-9-25-21(17-35)14-22(16-33-25)28(30,31)32)10-6-24(15-27)34-11-7-20(8-12-34)19-2-4-23(29)5-3-19/h2-5,14,16,20,24H,6-13,15,17-18H2,1H3/t24-,27+/m1/s1. The third kappa shape index (κ3) is 5.39. The van der Waals surface area contributed by atoms with Crippen molar-refractivity contribution in [3.63, 3.8) is 0 Å².